The lowest BCUT2D eigenvalue weighted by molar-refractivity contribution is -0.116. The Bertz CT molecular complexity index is 185. The Balaban J connectivity index is 2.74. The molecule has 0 bridgehead atoms. The molecule has 0 radical (unpaired) electrons. The number of nitrogens with two attached hydrogens (primary N) is 1. The lowest BCUT2D eigenvalue weighted by atomic mass is 10.5. The maximum absolute atomic E-state index is 10.6. The van der Waals surface area contributed by atoms with Crippen LogP contribution in [0.4, 0.5) is 0 Å². The number of thioether (sulfide) groups is 1. The molecule has 0 saturated carbocycles. The summed E-state index contributed by atoms with van der Waals surface area (Å²) in [6.07, 6.45) is 1.56. The fraction of sp³-hybridized carbons (Fsp3) is 0. The minimum absolute atomic E-state index is 0.240. The molecule has 4 heteroatoms. The average Bonchev–Trinajstić information content (AvgIpc) is 1.99. The molecular weight excluding hydrogens is 136 g/mol. The van der Waals surface area contributed by atoms with Gasteiger partial charge in [0.05, 0.1) is 0 Å². The van der Waals surface area contributed by atoms with Crippen LogP contribution in [0.3, 0.4) is 0 Å². The van der Waals surface area contributed by atoms with Crippen molar-refractivity contribution in [2.75, 3.05) is 0 Å². The van der Waals surface area contributed by atoms with Crippen molar-refractivity contribution >= 4 is 17.7 Å². The van der Waals surface area contributed by atoms with Crippen molar-refractivity contribution in [3.63, 3.8) is 0 Å². The summed E-state index contributed by atoms with van der Waals surface area (Å²) in [6.45, 7) is 0. The molecule has 9 heavy (non-hydrogen) atoms. The zero-order valence-electron chi connectivity index (χ0n) is 4.63. The first kappa shape index (κ1) is 6.22. The summed E-state index contributed by atoms with van der Waals surface area (Å²) >= 11 is 1.38. The first-order valence-corrected chi connectivity index (χ1v) is 3.32. The van der Waals surface area contributed by atoms with Gasteiger partial charge in [-0.1, -0.05) is 0 Å². The lowest BCUT2D eigenvalue weighted by Crippen LogP contribution is -2.22. The summed E-state index contributed by atoms with van der Waals surface area (Å²) in [5.74, 6) is -0.240. The van der Waals surface area contributed by atoms with Gasteiger partial charge in [0, 0.05) is 11.6 Å². The maximum atomic E-state index is 10.6. The quantitative estimate of drug-likeness (QED) is 0.505. The van der Waals surface area contributed by atoms with Gasteiger partial charge in [0.1, 0.15) is 5.70 Å². The fourth-order valence-electron chi connectivity index (χ4n) is 0.398. The Kier molecular flexibility index (Phi) is 1.79. The van der Waals surface area contributed by atoms with Crippen LogP contribution in [0.1, 0.15) is 0 Å². The molecular formula is C5H6N2OS. The standard InChI is InChI=1S/C5H6N2OS/c6-4-3-9-2-1-7-5(4)8/h1-3H,6H2,(H,7,8). The summed E-state index contributed by atoms with van der Waals surface area (Å²) in [5, 5.41) is 5.80. The number of amides is 1. The summed E-state index contributed by atoms with van der Waals surface area (Å²) < 4.78 is 0. The van der Waals surface area contributed by atoms with E-state index in [1.54, 1.807) is 17.0 Å². The van der Waals surface area contributed by atoms with Gasteiger partial charge in [-0.3, -0.25) is 4.79 Å². The molecule has 3 nitrogen and oxygen atoms in total. The van der Waals surface area contributed by atoms with Gasteiger partial charge in [0.2, 0.25) is 0 Å². The highest BCUT2D eigenvalue weighted by Crippen LogP contribution is 2.07. The molecule has 48 valence electrons. The molecule has 0 aliphatic carbocycles. The molecule has 0 unspecified atom stereocenters. The third kappa shape index (κ3) is 1.50. The highest BCUT2D eigenvalue weighted by Gasteiger charge is 2.02. The molecule has 0 aromatic rings. The van der Waals surface area contributed by atoms with Crippen molar-refractivity contribution < 1.29 is 4.79 Å². The van der Waals surface area contributed by atoms with Crippen LogP contribution in [0.15, 0.2) is 22.7 Å². The molecule has 0 fully saturated rings. The van der Waals surface area contributed by atoms with Gasteiger partial charge in [0.25, 0.3) is 5.91 Å². The minimum atomic E-state index is -0.240. The van der Waals surface area contributed by atoms with Gasteiger partial charge in [-0.05, 0) is 5.41 Å². The van der Waals surface area contributed by atoms with Gasteiger partial charge in [0.15, 0.2) is 0 Å². The molecule has 0 spiro atoms. The highest BCUT2D eigenvalue weighted by atomic mass is 32.2. The van der Waals surface area contributed by atoms with Crippen molar-refractivity contribution in [2.24, 2.45) is 5.73 Å². The molecule has 0 aromatic carbocycles. The number of rotatable bonds is 0. The van der Waals surface area contributed by atoms with E-state index in [0.29, 0.717) is 0 Å². The number of carbonyl (C=O) groups excluding carboxylic acids is 1. The van der Waals surface area contributed by atoms with Crippen LogP contribution >= 0.6 is 11.8 Å². The summed E-state index contributed by atoms with van der Waals surface area (Å²) in [6, 6.07) is 0. The molecule has 0 atom stereocenters. The molecule has 1 aliphatic rings. The van der Waals surface area contributed by atoms with Crippen molar-refractivity contribution in [3.05, 3.63) is 22.7 Å². The first-order chi connectivity index (χ1) is 4.30. The average molecular weight is 142 g/mol. The first-order valence-electron chi connectivity index (χ1n) is 2.37. The Morgan fingerprint density at radius 2 is 2.44 bits per heavy atom. The third-order valence-corrected chi connectivity index (χ3v) is 1.50. The predicted octanol–water partition coefficient (Wildman–Crippen LogP) is 0.121. The molecule has 0 saturated heterocycles. The van der Waals surface area contributed by atoms with E-state index >= 15 is 0 Å². The van der Waals surface area contributed by atoms with Crippen LogP contribution < -0.4 is 11.1 Å². The van der Waals surface area contributed by atoms with E-state index in [-0.39, 0.29) is 11.6 Å². The van der Waals surface area contributed by atoms with E-state index in [0.717, 1.165) is 0 Å². The fourth-order valence-corrected chi connectivity index (χ4v) is 0.877. The van der Waals surface area contributed by atoms with E-state index in [1.807, 2.05) is 0 Å². The topological polar surface area (TPSA) is 55.1 Å². The SMILES string of the molecule is NC1=CSC=CNC1=O. The molecule has 3 N–H and O–H groups in total. The number of hydrogen-bond acceptors (Lipinski definition) is 3. The number of nitrogens with one attached hydrogen (secondary N) is 1. The van der Waals surface area contributed by atoms with Crippen LogP contribution in [0.2, 0.25) is 0 Å². The van der Waals surface area contributed by atoms with Crippen LogP contribution in [0.5, 0.6) is 0 Å². The van der Waals surface area contributed by atoms with Crippen molar-refractivity contribution in [3.8, 4) is 0 Å². The maximum Gasteiger partial charge on any atom is 0.271 e. The van der Waals surface area contributed by atoms with Crippen LogP contribution in [-0.2, 0) is 4.79 Å². The van der Waals surface area contributed by atoms with E-state index in [2.05, 4.69) is 5.32 Å². The van der Waals surface area contributed by atoms with Crippen molar-refractivity contribution in [1.29, 1.82) is 0 Å². The Labute approximate surface area is 57.0 Å². The lowest BCUT2D eigenvalue weighted by Gasteiger charge is -1.93. The molecule has 1 rings (SSSR count). The largest absolute Gasteiger partial charge is 0.394 e. The molecule has 1 amide bonds. The molecule has 0 aromatic heterocycles. The monoisotopic (exact) mass is 142 g/mol. The van der Waals surface area contributed by atoms with E-state index in [9.17, 15) is 4.79 Å². The van der Waals surface area contributed by atoms with E-state index in [4.69, 9.17) is 5.73 Å². The molecule has 1 aliphatic heterocycles. The van der Waals surface area contributed by atoms with Crippen molar-refractivity contribution in [1.82, 2.24) is 5.32 Å². The van der Waals surface area contributed by atoms with Gasteiger partial charge in [-0.25, -0.2) is 0 Å². The summed E-state index contributed by atoms with van der Waals surface area (Å²) in [7, 11) is 0. The van der Waals surface area contributed by atoms with Gasteiger partial charge in [-0.2, -0.15) is 0 Å². The third-order valence-electron chi connectivity index (χ3n) is 0.818. The van der Waals surface area contributed by atoms with Gasteiger partial charge >= 0.3 is 0 Å². The predicted molar refractivity (Wildman–Crippen MR) is 37.1 cm³/mol. The number of carbonyl (C=O) groups is 1. The second-order valence-corrected chi connectivity index (χ2v) is 2.27. The molecule has 1 heterocycles. The highest BCUT2D eigenvalue weighted by molar-refractivity contribution is 8.04. The van der Waals surface area contributed by atoms with Gasteiger partial charge < -0.3 is 11.1 Å². The Morgan fingerprint density at radius 3 is 3.22 bits per heavy atom. The smallest absolute Gasteiger partial charge is 0.271 e. The normalized spacial score (nSPS) is 18.2. The van der Waals surface area contributed by atoms with Crippen molar-refractivity contribution in [2.45, 2.75) is 0 Å². The number of hydrogen-bond donors (Lipinski definition) is 2. The summed E-state index contributed by atoms with van der Waals surface area (Å²) in [5.41, 5.74) is 5.52. The van der Waals surface area contributed by atoms with Crippen LogP contribution in [-0.4, -0.2) is 5.91 Å². The van der Waals surface area contributed by atoms with Crippen LogP contribution in [0.25, 0.3) is 0 Å². The van der Waals surface area contributed by atoms with Crippen LogP contribution in [0, 0.1) is 0 Å². The van der Waals surface area contributed by atoms with E-state index in [1.165, 1.54) is 11.8 Å². The van der Waals surface area contributed by atoms with E-state index < -0.39 is 0 Å². The second kappa shape index (κ2) is 2.59. The minimum Gasteiger partial charge on any atom is -0.394 e. The zero-order valence-corrected chi connectivity index (χ0v) is 5.44. The second-order valence-electron chi connectivity index (χ2n) is 1.49. The summed E-state index contributed by atoms with van der Waals surface area (Å²) in [4.78, 5) is 10.6. The van der Waals surface area contributed by atoms with Gasteiger partial charge in [-0.15, -0.1) is 11.8 Å². The Morgan fingerprint density at radius 1 is 1.67 bits per heavy atom. The Hall–Kier alpha value is -0.900. The zero-order chi connectivity index (χ0) is 6.69.